The molecule has 102 valence electrons. The first kappa shape index (κ1) is 13.4. The van der Waals surface area contributed by atoms with E-state index in [4.69, 9.17) is 14.2 Å². The molecule has 1 aliphatic rings. The first-order chi connectivity index (χ1) is 9.13. The van der Waals surface area contributed by atoms with Gasteiger partial charge in [-0.3, -0.25) is 9.59 Å². The van der Waals surface area contributed by atoms with Gasteiger partial charge in [0.15, 0.2) is 17.3 Å². The minimum atomic E-state index is -0.853. The van der Waals surface area contributed by atoms with Gasteiger partial charge in [-0.2, -0.15) is 0 Å². The Labute approximate surface area is 111 Å². The van der Waals surface area contributed by atoms with Gasteiger partial charge < -0.3 is 14.2 Å². The lowest BCUT2D eigenvalue weighted by Crippen LogP contribution is -2.28. The molecule has 0 amide bonds. The number of esters is 1. The molecular weight excluding hydrogens is 248 g/mol. The van der Waals surface area contributed by atoms with E-state index in [1.807, 2.05) is 0 Å². The molecule has 19 heavy (non-hydrogen) atoms. The molecule has 5 nitrogen and oxygen atoms in total. The molecule has 0 fully saturated rings. The van der Waals surface area contributed by atoms with Crippen molar-refractivity contribution < 1.29 is 23.8 Å². The van der Waals surface area contributed by atoms with Crippen molar-refractivity contribution in [3.63, 3.8) is 0 Å². The zero-order chi connectivity index (χ0) is 14.0. The highest BCUT2D eigenvalue weighted by Crippen LogP contribution is 2.40. The molecule has 0 heterocycles. The van der Waals surface area contributed by atoms with Gasteiger partial charge in [0.25, 0.3) is 0 Å². The smallest absolute Gasteiger partial charge is 0.320 e. The zero-order valence-corrected chi connectivity index (χ0v) is 11.2. The minimum absolute atomic E-state index is 0.119. The van der Waals surface area contributed by atoms with Crippen LogP contribution in [0.1, 0.15) is 23.5 Å². The molecule has 0 bridgehead atoms. The molecule has 0 aromatic heterocycles. The van der Waals surface area contributed by atoms with Crippen molar-refractivity contribution >= 4 is 11.8 Å². The highest BCUT2D eigenvalue weighted by molar-refractivity contribution is 6.06. The number of fused-ring (bicyclic) bond motifs is 1. The molecule has 0 N–H and O–H groups in total. The van der Waals surface area contributed by atoms with E-state index in [1.165, 1.54) is 7.11 Å². The molecular formula is C14H16O5. The Hall–Kier alpha value is -2.04. The van der Waals surface area contributed by atoms with Crippen molar-refractivity contribution in [1.29, 1.82) is 0 Å². The van der Waals surface area contributed by atoms with Crippen LogP contribution in [0.3, 0.4) is 0 Å². The predicted molar refractivity (Wildman–Crippen MR) is 67.6 cm³/mol. The average molecular weight is 264 g/mol. The van der Waals surface area contributed by atoms with Gasteiger partial charge in [0.2, 0.25) is 0 Å². The number of carbonyl (C=O) groups is 2. The number of methoxy groups -OCH3 is 3. The van der Waals surface area contributed by atoms with E-state index in [2.05, 4.69) is 0 Å². The molecule has 0 unspecified atom stereocenters. The number of Topliss-reactive ketones (excluding diaryl/α,β-unsaturated/α-hetero) is 1. The zero-order valence-electron chi connectivity index (χ0n) is 11.2. The van der Waals surface area contributed by atoms with Crippen molar-refractivity contribution in [2.24, 2.45) is 0 Å². The summed E-state index contributed by atoms with van der Waals surface area (Å²) in [5, 5.41) is 0. The maximum absolute atomic E-state index is 11.9. The second-order valence-electron chi connectivity index (χ2n) is 4.29. The van der Waals surface area contributed by atoms with Crippen LogP contribution in [0.2, 0.25) is 0 Å². The molecule has 5 heteroatoms. The van der Waals surface area contributed by atoms with Gasteiger partial charge in [0, 0.05) is 12.0 Å². The average Bonchev–Trinajstić information content (AvgIpc) is 2.44. The molecule has 2 rings (SSSR count). The SMILES string of the molecule is COC(=O)[C@H]1C(=O)CCc2c1ccc(OC)c2OC. The Morgan fingerprint density at radius 3 is 2.47 bits per heavy atom. The number of rotatable bonds is 3. The van der Waals surface area contributed by atoms with E-state index in [0.717, 1.165) is 5.56 Å². The number of hydrogen-bond donors (Lipinski definition) is 0. The van der Waals surface area contributed by atoms with Crippen LogP contribution >= 0.6 is 0 Å². The largest absolute Gasteiger partial charge is 0.493 e. The maximum atomic E-state index is 11.9. The van der Waals surface area contributed by atoms with Gasteiger partial charge >= 0.3 is 5.97 Å². The second-order valence-corrected chi connectivity index (χ2v) is 4.29. The Morgan fingerprint density at radius 2 is 1.89 bits per heavy atom. The van der Waals surface area contributed by atoms with Gasteiger partial charge in [-0.15, -0.1) is 0 Å². The Bertz CT molecular complexity index is 521. The molecule has 0 aliphatic heterocycles. The van der Waals surface area contributed by atoms with Gasteiger partial charge in [-0.05, 0) is 18.1 Å². The van der Waals surface area contributed by atoms with Gasteiger partial charge in [-0.1, -0.05) is 6.07 Å². The van der Waals surface area contributed by atoms with Crippen LogP contribution in [0.5, 0.6) is 11.5 Å². The third-order valence-corrected chi connectivity index (χ3v) is 3.38. The van der Waals surface area contributed by atoms with Crippen molar-refractivity contribution in [1.82, 2.24) is 0 Å². The van der Waals surface area contributed by atoms with E-state index in [1.54, 1.807) is 26.4 Å². The van der Waals surface area contributed by atoms with Crippen LogP contribution < -0.4 is 9.47 Å². The topological polar surface area (TPSA) is 61.8 Å². The van der Waals surface area contributed by atoms with Gasteiger partial charge in [0.1, 0.15) is 5.92 Å². The molecule has 0 saturated heterocycles. The quantitative estimate of drug-likeness (QED) is 0.611. The van der Waals surface area contributed by atoms with Crippen molar-refractivity contribution in [2.45, 2.75) is 18.8 Å². The van der Waals surface area contributed by atoms with Crippen LogP contribution in [0.15, 0.2) is 12.1 Å². The molecule has 0 spiro atoms. The number of benzene rings is 1. The van der Waals surface area contributed by atoms with Crippen LogP contribution in [-0.4, -0.2) is 33.1 Å². The fourth-order valence-electron chi connectivity index (χ4n) is 2.48. The summed E-state index contributed by atoms with van der Waals surface area (Å²) in [7, 11) is 4.38. The van der Waals surface area contributed by atoms with Crippen molar-refractivity contribution in [3.05, 3.63) is 23.3 Å². The summed E-state index contributed by atoms with van der Waals surface area (Å²) in [6, 6.07) is 3.43. The molecule has 0 saturated carbocycles. The Morgan fingerprint density at radius 1 is 1.16 bits per heavy atom. The highest BCUT2D eigenvalue weighted by atomic mass is 16.5. The van der Waals surface area contributed by atoms with E-state index in [-0.39, 0.29) is 5.78 Å². The van der Waals surface area contributed by atoms with Crippen molar-refractivity contribution in [3.8, 4) is 11.5 Å². The molecule has 1 aromatic carbocycles. The van der Waals surface area contributed by atoms with Crippen LogP contribution in [-0.2, 0) is 20.7 Å². The Balaban J connectivity index is 2.58. The molecule has 0 radical (unpaired) electrons. The van der Waals surface area contributed by atoms with E-state index < -0.39 is 11.9 Å². The number of hydrogen-bond acceptors (Lipinski definition) is 5. The first-order valence-electron chi connectivity index (χ1n) is 5.98. The third-order valence-electron chi connectivity index (χ3n) is 3.38. The summed E-state index contributed by atoms with van der Waals surface area (Å²) in [6.07, 6.45) is 0.846. The lowest BCUT2D eigenvalue weighted by atomic mass is 9.81. The fraction of sp³-hybridized carbons (Fsp3) is 0.429. The Kier molecular flexibility index (Phi) is 3.74. The van der Waals surface area contributed by atoms with Gasteiger partial charge in [-0.25, -0.2) is 0 Å². The summed E-state index contributed by atoms with van der Waals surface area (Å²) in [5.74, 6) is -0.320. The fourth-order valence-corrected chi connectivity index (χ4v) is 2.48. The number of carbonyl (C=O) groups excluding carboxylic acids is 2. The van der Waals surface area contributed by atoms with Crippen LogP contribution in [0, 0.1) is 0 Å². The van der Waals surface area contributed by atoms with Crippen LogP contribution in [0.4, 0.5) is 0 Å². The summed E-state index contributed by atoms with van der Waals surface area (Å²) in [4.78, 5) is 23.7. The predicted octanol–water partition coefficient (Wildman–Crippen LogP) is 1.48. The minimum Gasteiger partial charge on any atom is -0.493 e. The molecule has 1 aliphatic carbocycles. The van der Waals surface area contributed by atoms with Gasteiger partial charge in [0.05, 0.1) is 21.3 Å². The number of ether oxygens (including phenoxy) is 3. The van der Waals surface area contributed by atoms with Crippen molar-refractivity contribution in [2.75, 3.05) is 21.3 Å². The van der Waals surface area contributed by atoms with E-state index >= 15 is 0 Å². The van der Waals surface area contributed by atoms with Crippen LogP contribution in [0.25, 0.3) is 0 Å². The lowest BCUT2D eigenvalue weighted by molar-refractivity contribution is -0.146. The monoisotopic (exact) mass is 264 g/mol. The summed E-state index contributed by atoms with van der Waals surface area (Å²) in [5.41, 5.74) is 1.50. The standard InChI is InChI=1S/C14H16O5/c1-17-11-7-5-8-9(13(11)18-2)4-6-10(15)12(8)14(16)19-3/h5,7,12H,4,6H2,1-3H3/t12-/m1/s1. The maximum Gasteiger partial charge on any atom is 0.320 e. The summed E-state index contributed by atoms with van der Waals surface area (Å²) >= 11 is 0. The van der Waals surface area contributed by atoms with E-state index in [0.29, 0.717) is 29.9 Å². The summed E-state index contributed by atoms with van der Waals surface area (Å²) in [6.45, 7) is 0. The lowest BCUT2D eigenvalue weighted by Gasteiger charge is -2.25. The second kappa shape index (κ2) is 5.30. The highest BCUT2D eigenvalue weighted by Gasteiger charge is 2.36. The number of ketones is 1. The summed E-state index contributed by atoms with van der Waals surface area (Å²) < 4.78 is 15.3. The first-order valence-corrected chi connectivity index (χ1v) is 5.98. The third kappa shape index (κ3) is 2.16. The molecule has 1 aromatic rings. The normalized spacial score (nSPS) is 17.6. The van der Waals surface area contributed by atoms with E-state index in [9.17, 15) is 9.59 Å². The molecule has 1 atom stereocenters.